The van der Waals surface area contributed by atoms with E-state index >= 15 is 0 Å². The Kier molecular flexibility index (Phi) is 40.9. The minimum atomic E-state index is -4.67. The largest absolute Gasteiger partial charge is 0.756 e. The average Bonchev–Trinajstić information content (AvgIpc) is 3.21. The molecule has 0 aliphatic rings. The predicted molar refractivity (Wildman–Crippen MR) is 251 cm³/mol. The van der Waals surface area contributed by atoms with Crippen LogP contribution in [0.5, 0.6) is 0 Å². The lowest BCUT2D eigenvalue weighted by atomic mass is 10.0. The molecular formula is C50H94NO9P. The van der Waals surface area contributed by atoms with Crippen LogP contribution >= 0.6 is 7.82 Å². The summed E-state index contributed by atoms with van der Waals surface area (Å²) in [7, 11) is 1.07. The van der Waals surface area contributed by atoms with Gasteiger partial charge in [-0.3, -0.25) is 14.2 Å². The van der Waals surface area contributed by atoms with E-state index in [0.29, 0.717) is 30.3 Å². The molecule has 3 atom stereocenters. The molecule has 0 amide bonds. The number of nitrogens with zero attached hydrogens (tertiary/aromatic N) is 1. The number of hydrogen-bond acceptors (Lipinski definition) is 9. The molecule has 11 heteroatoms. The molecule has 0 saturated carbocycles. The molecule has 0 bridgehead atoms. The van der Waals surface area contributed by atoms with E-state index in [-0.39, 0.29) is 26.1 Å². The predicted octanol–water partition coefficient (Wildman–Crippen LogP) is 12.8. The highest BCUT2D eigenvalue weighted by Crippen LogP contribution is 2.38. The van der Waals surface area contributed by atoms with Gasteiger partial charge >= 0.3 is 11.9 Å². The summed E-state index contributed by atoms with van der Waals surface area (Å²) in [5.41, 5.74) is 0. The molecule has 0 aliphatic heterocycles. The number of phosphoric acid groups is 1. The summed E-state index contributed by atoms with van der Waals surface area (Å²) in [5.74, 6) is -1.02. The molecule has 0 spiro atoms. The molecule has 0 aromatic carbocycles. The van der Waals surface area contributed by atoms with Crippen molar-refractivity contribution in [1.82, 2.24) is 0 Å². The van der Waals surface area contributed by atoms with Gasteiger partial charge in [0.2, 0.25) is 0 Å². The zero-order chi connectivity index (χ0) is 45.1. The van der Waals surface area contributed by atoms with Crippen molar-refractivity contribution < 1.29 is 47.2 Å². The number of carbonyl (C=O) groups excluding carboxylic acids is 2. The highest BCUT2D eigenvalue weighted by atomic mass is 31.2. The Labute approximate surface area is 374 Å². The maximum atomic E-state index is 12.7. The van der Waals surface area contributed by atoms with Gasteiger partial charge in [-0.05, 0) is 38.5 Å². The zero-order valence-corrected chi connectivity index (χ0v) is 40.9. The molecule has 1 N–H and O–H groups in total. The maximum Gasteiger partial charge on any atom is 0.306 e. The van der Waals surface area contributed by atoms with Crippen molar-refractivity contribution in [2.24, 2.45) is 0 Å². The first-order valence-corrected chi connectivity index (χ1v) is 26.3. The third-order valence-electron chi connectivity index (χ3n) is 10.8. The number of aliphatic hydroxyl groups excluding tert-OH is 1. The van der Waals surface area contributed by atoms with E-state index in [9.17, 15) is 24.2 Å². The molecule has 2 unspecified atom stereocenters. The second-order valence-corrected chi connectivity index (χ2v) is 19.4. The standard InChI is InChI=1S/C50H94NO9P/c1-6-8-10-12-14-16-18-20-21-22-23-24-25-27-29-31-33-35-37-41-50(54)60-48(46-59-61(55,56)58-44-43-51(3,4)5)45-57-49(53)42-38-40-47(52)39-36-34-32-30-28-26-19-17-15-13-11-9-7-2/h26,28,32,34,36,39,47-48,52H,6-25,27,29-31,33,35,37-38,40-46H2,1-5H3/b28-26+,34-32+,39-36+/t47?,48-/m1/s1. The van der Waals surface area contributed by atoms with Crippen LogP contribution in [0.2, 0.25) is 0 Å². The topological polar surface area (TPSA) is 131 Å². The van der Waals surface area contributed by atoms with Crippen LogP contribution in [0.4, 0.5) is 0 Å². The fraction of sp³-hybridized carbons (Fsp3) is 0.840. The van der Waals surface area contributed by atoms with Crippen LogP contribution < -0.4 is 4.89 Å². The van der Waals surface area contributed by atoms with Gasteiger partial charge in [0.05, 0.1) is 33.9 Å². The van der Waals surface area contributed by atoms with Gasteiger partial charge in [-0.2, -0.15) is 0 Å². The quantitative estimate of drug-likeness (QED) is 0.0159. The van der Waals surface area contributed by atoms with Gasteiger partial charge in [-0.25, -0.2) is 0 Å². The number of carbonyl (C=O) groups is 2. The van der Waals surface area contributed by atoms with Crippen molar-refractivity contribution in [1.29, 1.82) is 0 Å². The van der Waals surface area contributed by atoms with Crippen LogP contribution in [0.15, 0.2) is 36.5 Å². The van der Waals surface area contributed by atoms with E-state index in [1.54, 1.807) is 6.08 Å². The van der Waals surface area contributed by atoms with Crippen molar-refractivity contribution in [2.45, 2.75) is 225 Å². The van der Waals surface area contributed by atoms with E-state index in [1.165, 1.54) is 135 Å². The first kappa shape index (κ1) is 59.2. The highest BCUT2D eigenvalue weighted by molar-refractivity contribution is 7.45. The molecule has 0 fully saturated rings. The van der Waals surface area contributed by atoms with Gasteiger partial charge in [0.25, 0.3) is 7.82 Å². The van der Waals surface area contributed by atoms with Crippen molar-refractivity contribution >= 4 is 19.8 Å². The second-order valence-electron chi connectivity index (χ2n) is 18.0. The number of rotatable bonds is 45. The molecule has 0 aliphatic carbocycles. The molecular weight excluding hydrogens is 790 g/mol. The van der Waals surface area contributed by atoms with E-state index < -0.39 is 38.6 Å². The van der Waals surface area contributed by atoms with Crippen LogP contribution in [-0.2, 0) is 32.7 Å². The van der Waals surface area contributed by atoms with Gasteiger partial charge in [-0.15, -0.1) is 0 Å². The zero-order valence-electron chi connectivity index (χ0n) is 40.0. The number of ether oxygens (including phenoxy) is 2. The van der Waals surface area contributed by atoms with E-state index in [1.807, 2.05) is 39.4 Å². The Bertz CT molecular complexity index is 1150. The molecule has 0 rings (SSSR count). The third kappa shape index (κ3) is 46.0. The molecule has 0 aromatic heterocycles. The molecule has 0 heterocycles. The second kappa shape index (κ2) is 42.2. The first-order chi connectivity index (χ1) is 29.4. The summed E-state index contributed by atoms with van der Waals surface area (Å²) in [5, 5.41) is 10.3. The van der Waals surface area contributed by atoms with Gasteiger partial charge < -0.3 is 33.0 Å². The van der Waals surface area contributed by atoms with Crippen LogP contribution in [-0.4, -0.2) is 81.2 Å². The van der Waals surface area contributed by atoms with Crippen LogP contribution in [0.1, 0.15) is 213 Å². The lowest BCUT2D eigenvalue weighted by Crippen LogP contribution is -2.37. The normalized spacial score (nSPS) is 14.3. The summed E-state index contributed by atoms with van der Waals surface area (Å²) in [4.78, 5) is 37.7. The third-order valence-corrected chi connectivity index (χ3v) is 11.7. The summed E-state index contributed by atoms with van der Waals surface area (Å²) in [6.07, 6.45) is 44.9. The number of quaternary nitrogens is 1. The van der Waals surface area contributed by atoms with Crippen molar-refractivity contribution in [3.8, 4) is 0 Å². The summed E-state index contributed by atoms with van der Waals surface area (Å²) < 4.78 is 33.8. The van der Waals surface area contributed by atoms with Gasteiger partial charge in [0.1, 0.15) is 19.8 Å². The molecule has 61 heavy (non-hydrogen) atoms. The lowest BCUT2D eigenvalue weighted by Gasteiger charge is -2.28. The van der Waals surface area contributed by atoms with Crippen LogP contribution in [0.3, 0.4) is 0 Å². The number of phosphoric ester groups is 1. The fourth-order valence-electron chi connectivity index (χ4n) is 6.84. The first-order valence-electron chi connectivity index (χ1n) is 24.8. The van der Waals surface area contributed by atoms with Crippen molar-refractivity contribution in [2.75, 3.05) is 47.5 Å². The molecule has 0 radical (unpaired) electrons. The number of hydrogen-bond donors (Lipinski definition) is 1. The Morgan fingerprint density at radius 3 is 1.62 bits per heavy atom. The number of aliphatic hydroxyl groups is 1. The van der Waals surface area contributed by atoms with Crippen molar-refractivity contribution in [3.05, 3.63) is 36.5 Å². The van der Waals surface area contributed by atoms with Gasteiger partial charge in [0.15, 0.2) is 6.10 Å². The Morgan fingerprint density at radius 1 is 0.607 bits per heavy atom. The van der Waals surface area contributed by atoms with E-state index in [0.717, 1.165) is 32.1 Å². The number of esters is 2. The SMILES string of the molecule is CCCCCCCC/C=C/C/C=C/C=C/C(O)CCCC(=O)OC[C@H](COP(=O)([O-])OCC[N+](C)(C)C)OC(=O)CCCCCCCCCCCCCCCCCCCCC. The monoisotopic (exact) mass is 884 g/mol. The number of unbranched alkanes of at least 4 members (excludes halogenated alkanes) is 24. The molecule has 0 aromatic rings. The summed E-state index contributed by atoms with van der Waals surface area (Å²) >= 11 is 0. The lowest BCUT2D eigenvalue weighted by molar-refractivity contribution is -0.870. The average molecular weight is 884 g/mol. The Morgan fingerprint density at radius 2 is 1.10 bits per heavy atom. The maximum absolute atomic E-state index is 12.7. The minimum absolute atomic E-state index is 0.0548. The minimum Gasteiger partial charge on any atom is -0.756 e. The smallest absolute Gasteiger partial charge is 0.306 e. The number of allylic oxidation sites excluding steroid dienone is 5. The Balaban J connectivity index is 4.42. The van der Waals surface area contributed by atoms with E-state index in [4.69, 9.17) is 18.5 Å². The van der Waals surface area contributed by atoms with Crippen LogP contribution in [0, 0.1) is 0 Å². The van der Waals surface area contributed by atoms with Crippen molar-refractivity contribution in [3.63, 3.8) is 0 Å². The fourth-order valence-corrected chi connectivity index (χ4v) is 7.57. The Hall–Kier alpha value is -1.81. The molecule has 0 saturated heterocycles. The summed E-state index contributed by atoms with van der Waals surface area (Å²) in [6.45, 7) is 4.03. The van der Waals surface area contributed by atoms with Gasteiger partial charge in [-0.1, -0.05) is 198 Å². The highest BCUT2D eigenvalue weighted by Gasteiger charge is 2.22. The van der Waals surface area contributed by atoms with Gasteiger partial charge in [0, 0.05) is 12.8 Å². The summed E-state index contributed by atoms with van der Waals surface area (Å²) in [6, 6.07) is 0. The molecule has 358 valence electrons. The molecule has 10 nitrogen and oxygen atoms in total. The number of likely N-dealkylation sites (N-methyl/N-ethyl adjacent to an activating group) is 1. The van der Waals surface area contributed by atoms with Crippen LogP contribution in [0.25, 0.3) is 0 Å². The van der Waals surface area contributed by atoms with E-state index in [2.05, 4.69) is 26.0 Å².